The minimum Gasteiger partial charge on any atom is -0.324 e. The second kappa shape index (κ2) is 7.86. The Balaban J connectivity index is 1.90. The molecule has 0 heterocycles. The molecule has 0 saturated heterocycles. The van der Waals surface area contributed by atoms with Crippen molar-refractivity contribution in [2.45, 2.75) is 19.3 Å². The van der Waals surface area contributed by atoms with Crippen molar-refractivity contribution in [1.29, 1.82) is 5.26 Å². The summed E-state index contributed by atoms with van der Waals surface area (Å²) in [7, 11) is 0. The number of hydrogen-bond donors (Lipinski definition) is 1. The summed E-state index contributed by atoms with van der Waals surface area (Å²) in [5.74, 6) is 0.159. The maximum Gasteiger partial charge on any atom is 0.176 e. The fraction of sp³-hybridized carbons (Fsp3) is 0.222. The SMILES string of the molecule is N#CNCCCCC(=O)c1ccc(-c2ccccc2)cc1. The van der Waals surface area contributed by atoms with E-state index < -0.39 is 0 Å². The van der Waals surface area contributed by atoms with Gasteiger partial charge in [0.15, 0.2) is 12.0 Å². The van der Waals surface area contributed by atoms with Crippen LogP contribution in [0.15, 0.2) is 54.6 Å². The number of Topliss-reactive ketones (excluding diaryl/α,β-unsaturated/α-hetero) is 1. The highest BCUT2D eigenvalue weighted by molar-refractivity contribution is 5.96. The predicted molar refractivity (Wildman–Crippen MR) is 83.7 cm³/mol. The van der Waals surface area contributed by atoms with Crippen molar-refractivity contribution in [2.24, 2.45) is 0 Å². The van der Waals surface area contributed by atoms with Crippen molar-refractivity contribution in [2.75, 3.05) is 6.54 Å². The Kier molecular flexibility index (Phi) is 5.54. The van der Waals surface area contributed by atoms with Crippen LogP contribution in [-0.2, 0) is 0 Å². The molecule has 21 heavy (non-hydrogen) atoms. The van der Waals surface area contributed by atoms with Gasteiger partial charge in [0, 0.05) is 18.5 Å². The zero-order chi connectivity index (χ0) is 14.9. The summed E-state index contributed by atoms with van der Waals surface area (Å²) in [6.07, 6.45) is 4.03. The summed E-state index contributed by atoms with van der Waals surface area (Å²) in [5.41, 5.74) is 3.02. The molecular weight excluding hydrogens is 260 g/mol. The summed E-state index contributed by atoms with van der Waals surface area (Å²) in [5, 5.41) is 10.9. The molecule has 3 nitrogen and oxygen atoms in total. The molecule has 106 valence electrons. The molecule has 0 atom stereocenters. The number of ketones is 1. The number of unbranched alkanes of at least 4 members (excludes halogenated alkanes) is 1. The molecule has 0 saturated carbocycles. The van der Waals surface area contributed by atoms with E-state index in [0.29, 0.717) is 13.0 Å². The number of benzene rings is 2. The standard InChI is InChI=1S/C18H18N2O/c19-14-20-13-5-4-8-18(21)17-11-9-16(10-12-17)15-6-2-1-3-7-15/h1-3,6-7,9-12,20H,4-5,8,13H2. The quantitative estimate of drug-likeness (QED) is 0.363. The average molecular weight is 278 g/mol. The Morgan fingerprint density at radius 1 is 0.952 bits per heavy atom. The van der Waals surface area contributed by atoms with E-state index in [-0.39, 0.29) is 5.78 Å². The number of carbonyl (C=O) groups is 1. The van der Waals surface area contributed by atoms with Gasteiger partial charge in [-0.3, -0.25) is 4.79 Å². The Morgan fingerprint density at radius 3 is 2.29 bits per heavy atom. The van der Waals surface area contributed by atoms with E-state index in [4.69, 9.17) is 5.26 Å². The zero-order valence-corrected chi connectivity index (χ0v) is 11.9. The minimum absolute atomic E-state index is 0.159. The van der Waals surface area contributed by atoms with Crippen molar-refractivity contribution in [3.63, 3.8) is 0 Å². The lowest BCUT2D eigenvalue weighted by Gasteiger charge is -2.04. The van der Waals surface area contributed by atoms with Gasteiger partial charge in [0.2, 0.25) is 0 Å². The molecule has 2 aromatic carbocycles. The van der Waals surface area contributed by atoms with Gasteiger partial charge in [-0.15, -0.1) is 0 Å². The smallest absolute Gasteiger partial charge is 0.176 e. The van der Waals surface area contributed by atoms with Crippen LogP contribution < -0.4 is 5.32 Å². The Morgan fingerprint density at radius 2 is 1.62 bits per heavy atom. The first-order valence-electron chi connectivity index (χ1n) is 7.12. The van der Waals surface area contributed by atoms with E-state index in [1.54, 1.807) is 0 Å². The summed E-state index contributed by atoms with van der Waals surface area (Å²) >= 11 is 0. The summed E-state index contributed by atoms with van der Waals surface area (Å²) < 4.78 is 0. The molecule has 1 N–H and O–H groups in total. The second-order valence-electron chi connectivity index (χ2n) is 4.86. The largest absolute Gasteiger partial charge is 0.324 e. The van der Waals surface area contributed by atoms with Gasteiger partial charge in [-0.25, -0.2) is 0 Å². The molecule has 3 heteroatoms. The van der Waals surface area contributed by atoms with Gasteiger partial charge in [0.1, 0.15) is 0 Å². The lowest BCUT2D eigenvalue weighted by Crippen LogP contribution is -2.07. The molecule has 0 aliphatic carbocycles. The van der Waals surface area contributed by atoms with E-state index in [2.05, 4.69) is 17.4 Å². The Labute approximate surface area is 125 Å². The van der Waals surface area contributed by atoms with Gasteiger partial charge in [0.25, 0.3) is 0 Å². The van der Waals surface area contributed by atoms with Crippen molar-refractivity contribution in [3.05, 3.63) is 60.2 Å². The van der Waals surface area contributed by atoms with E-state index >= 15 is 0 Å². The first-order chi connectivity index (χ1) is 10.3. The minimum atomic E-state index is 0.159. The molecule has 0 radical (unpaired) electrons. The third kappa shape index (κ3) is 4.47. The Hall–Kier alpha value is -2.60. The van der Waals surface area contributed by atoms with E-state index in [9.17, 15) is 4.79 Å². The van der Waals surface area contributed by atoms with Gasteiger partial charge in [-0.2, -0.15) is 5.26 Å². The molecule has 0 bridgehead atoms. The molecule has 0 aromatic heterocycles. The molecular formula is C18H18N2O. The van der Waals surface area contributed by atoms with Crippen LogP contribution in [0.5, 0.6) is 0 Å². The number of nitriles is 1. The number of rotatable bonds is 7. The third-order valence-electron chi connectivity index (χ3n) is 3.35. The van der Waals surface area contributed by atoms with Gasteiger partial charge >= 0.3 is 0 Å². The lowest BCUT2D eigenvalue weighted by molar-refractivity contribution is 0.0979. The fourth-order valence-electron chi connectivity index (χ4n) is 2.18. The van der Waals surface area contributed by atoms with Crippen LogP contribution in [0.1, 0.15) is 29.6 Å². The molecule has 0 spiro atoms. The van der Waals surface area contributed by atoms with Gasteiger partial charge in [-0.1, -0.05) is 54.6 Å². The maximum absolute atomic E-state index is 12.0. The van der Waals surface area contributed by atoms with Gasteiger partial charge < -0.3 is 5.32 Å². The molecule has 0 amide bonds. The van der Waals surface area contributed by atoms with Crippen LogP contribution in [0.2, 0.25) is 0 Å². The van der Waals surface area contributed by atoms with Crippen LogP contribution in [0, 0.1) is 11.5 Å². The molecule has 0 aliphatic rings. The Bertz CT molecular complexity index is 612. The van der Waals surface area contributed by atoms with Crippen LogP contribution in [0.3, 0.4) is 0 Å². The zero-order valence-electron chi connectivity index (χ0n) is 11.9. The number of nitrogens with one attached hydrogen (secondary N) is 1. The molecule has 0 fully saturated rings. The number of hydrogen-bond acceptors (Lipinski definition) is 3. The van der Waals surface area contributed by atoms with Gasteiger partial charge in [0.05, 0.1) is 0 Å². The van der Waals surface area contributed by atoms with Crippen molar-refractivity contribution < 1.29 is 4.79 Å². The summed E-state index contributed by atoms with van der Waals surface area (Å²) in [6.45, 7) is 0.636. The van der Waals surface area contributed by atoms with Crippen LogP contribution in [0.25, 0.3) is 11.1 Å². The first-order valence-corrected chi connectivity index (χ1v) is 7.12. The average Bonchev–Trinajstić information content (AvgIpc) is 2.55. The normalized spacial score (nSPS) is 9.86. The first kappa shape index (κ1) is 14.8. The summed E-state index contributed by atoms with van der Waals surface area (Å²) in [4.78, 5) is 12.0. The lowest BCUT2D eigenvalue weighted by atomic mass is 10.0. The van der Waals surface area contributed by atoms with E-state index in [0.717, 1.165) is 29.5 Å². The molecule has 0 unspecified atom stereocenters. The number of carbonyl (C=O) groups excluding carboxylic acids is 1. The molecule has 2 aromatic rings. The van der Waals surface area contributed by atoms with E-state index in [1.165, 1.54) is 0 Å². The molecule has 0 aliphatic heterocycles. The summed E-state index contributed by atoms with van der Waals surface area (Å²) in [6, 6.07) is 17.9. The topological polar surface area (TPSA) is 52.9 Å². The van der Waals surface area contributed by atoms with Crippen molar-refractivity contribution in [1.82, 2.24) is 5.32 Å². The molecule has 2 rings (SSSR count). The number of nitrogens with zero attached hydrogens (tertiary/aromatic N) is 1. The van der Waals surface area contributed by atoms with Crippen LogP contribution >= 0.6 is 0 Å². The highest BCUT2D eigenvalue weighted by atomic mass is 16.1. The second-order valence-corrected chi connectivity index (χ2v) is 4.86. The third-order valence-corrected chi connectivity index (χ3v) is 3.35. The van der Waals surface area contributed by atoms with E-state index in [1.807, 2.05) is 48.7 Å². The predicted octanol–water partition coefficient (Wildman–Crippen LogP) is 3.78. The highest BCUT2D eigenvalue weighted by Gasteiger charge is 2.06. The van der Waals surface area contributed by atoms with Crippen molar-refractivity contribution in [3.8, 4) is 17.3 Å². The maximum atomic E-state index is 12.0. The van der Waals surface area contributed by atoms with Crippen LogP contribution in [-0.4, -0.2) is 12.3 Å². The van der Waals surface area contributed by atoms with Crippen molar-refractivity contribution >= 4 is 5.78 Å². The monoisotopic (exact) mass is 278 g/mol. The van der Waals surface area contributed by atoms with Crippen LogP contribution in [0.4, 0.5) is 0 Å². The highest BCUT2D eigenvalue weighted by Crippen LogP contribution is 2.19. The van der Waals surface area contributed by atoms with Gasteiger partial charge in [-0.05, 0) is 24.0 Å². The fourth-order valence-corrected chi connectivity index (χ4v) is 2.18.